The van der Waals surface area contributed by atoms with Gasteiger partial charge in [-0.3, -0.25) is 0 Å². The van der Waals surface area contributed by atoms with Gasteiger partial charge in [-0.25, -0.2) is 0 Å². The second-order valence-electron chi connectivity index (χ2n) is 6.00. The molecule has 0 radical (unpaired) electrons. The summed E-state index contributed by atoms with van der Waals surface area (Å²) in [5.41, 5.74) is 1.99. The number of allylic oxidation sites excluding steroid dienone is 1. The van der Waals surface area contributed by atoms with Crippen molar-refractivity contribution in [2.45, 2.75) is 60.3 Å². The molecule has 3 atom stereocenters. The first kappa shape index (κ1) is 12.8. The molecule has 0 bridgehead atoms. The molecular weight excluding hydrogens is 180 g/mol. The Kier molecular flexibility index (Phi) is 4.03. The van der Waals surface area contributed by atoms with E-state index in [1.165, 1.54) is 31.3 Å². The van der Waals surface area contributed by atoms with Crippen LogP contribution >= 0.6 is 0 Å². The molecule has 2 unspecified atom stereocenters. The second kappa shape index (κ2) is 4.72. The van der Waals surface area contributed by atoms with Crippen molar-refractivity contribution in [2.24, 2.45) is 23.2 Å². The van der Waals surface area contributed by atoms with E-state index >= 15 is 0 Å². The first-order valence-electron chi connectivity index (χ1n) is 6.61. The maximum absolute atomic E-state index is 4.27. The van der Waals surface area contributed by atoms with Crippen LogP contribution in [0.1, 0.15) is 60.3 Å². The van der Waals surface area contributed by atoms with Crippen molar-refractivity contribution in [3.63, 3.8) is 0 Å². The molecule has 0 heterocycles. The van der Waals surface area contributed by atoms with Gasteiger partial charge in [0.1, 0.15) is 0 Å². The summed E-state index contributed by atoms with van der Waals surface area (Å²) in [6.07, 6.45) is 5.31. The van der Waals surface area contributed by atoms with Crippen LogP contribution in [0, 0.1) is 23.2 Å². The van der Waals surface area contributed by atoms with Gasteiger partial charge in [0.05, 0.1) is 0 Å². The van der Waals surface area contributed by atoms with Crippen LogP contribution in [0.4, 0.5) is 0 Å². The minimum absolute atomic E-state index is 0.498. The molecule has 1 fully saturated rings. The molecule has 0 N–H and O–H groups in total. The Hall–Kier alpha value is -0.260. The fourth-order valence-electron chi connectivity index (χ4n) is 3.80. The highest BCUT2D eigenvalue weighted by atomic mass is 14.5. The molecule has 0 aromatic rings. The maximum Gasteiger partial charge on any atom is -0.0178 e. The van der Waals surface area contributed by atoms with Gasteiger partial charge < -0.3 is 0 Å². The number of hydrogen-bond acceptors (Lipinski definition) is 0. The first-order valence-corrected chi connectivity index (χ1v) is 6.61. The summed E-state index contributed by atoms with van der Waals surface area (Å²) in [7, 11) is 0. The van der Waals surface area contributed by atoms with Gasteiger partial charge in [-0.2, -0.15) is 0 Å². The molecule has 1 aliphatic carbocycles. The van der Waals surface area contributed by atoms with Gasteiger partial charge in [0.15, 0.2) is 0 Å². The Balaban J connectivity index is 2.91. The third kappa shape index (κ3) is 2.29. The molecule has 0 aromatic carbocycles. The summed E-state index contributed by atoms with van der Waals surface area (Å²) in [6, 6.07) is 0. The largest absolute Gasteiger partial charge is 0.0996 e. The molecule has 0 saturated heterocycles. The van der Waals surface area contributed by atoms with E-state index in [1.807, 2.05) is 0 Å². The summed E-state index contributed by atoms with van der Waals surface area (Å²) in [5.74, 6) is 2.36. The molecule has 0 aromatic heterocycles. The number of hydrogen-bond donors (Lipinski definition) is 0. The van der Waals surface area contributed by atoms with Gasteiger partial charge >= 0.3 is 0 Å². The van der Waals surface area contributed by atoms with Crippen LogP contribution in [0.25, 0.3) is 0 Å². The molecule has 15 heavy (non-hydrogen) atoms. The van der Waals surface area contributed by atoms with E-state index in [0.717, 1.165) is 11.8 Å². The summed E-state index contributed by atoms with van der Waals surface area (Å²) in [5, 5.41) is 0. The zero-order valence-corrected chi connectivity index (χ0v) is 11.3. The highest BCUT2D eigenvalue weighted by Gasteiger charge is 2.42. The Morgan fingerprint density at radius 3 is 2.53 bits per heavy atom. The smallest absolute Gasteiger partial charge is 0.0178 e. The Morgan fingerprint density at radius 2 is 2.07 bits per heavy atom. The molecule has 0 heteroatoms. The van der Waals surface area contributed by atoms with Gasteiger partial charge in [0, 0.05) is 0 Å². The highest BCUT2D eigenvalue weighted by Crippen LogP contribution is 2.51. The summed E-state index contributed by atoms with van der Waals surface area (Å²) in [4.78, 5) is 0. The van der Waals surface area contributed by atoms with Crippen LogP contribution in [-0.4, -0.2) is 0 Å². The highest BCUT2D eigenvalue weighted by molar-refractivity contribution is 5.10. The van der Waals surface area contributed by atoms with Crippen LogP contribution in [0.2, 0.25) is 0 Å². The standard InChI is InChI=1S/C15H28/c1-7-14(11(2)3)15(6)10-8-9-12(4)13(15)5/h11,13-14H,4,7-10H2,1-3,5-6H3/t13?,14?,15-/m0/s1. The van der Waals surface area contributed by atoms with E-state index < -0.39 is 0 Å². The molecular formula is C15H28. The van der Waals surface area contributed by atoms with Crippen molar-refractivity contribution in [3.8, 4) is 0 Å². The summed E-state index contributed by atoms with van der Waals surface area (Å²) < 4.78 is 0. The average molecular weight is 208 g/mol. The lowest BCUT2D eigenvalue weighted by molar-refractivity contribution is 0.0526. The van der Waals surface area contributed by atoms with Crippen LogP contribution in [0.5, 0.6) is 0 Å². The predicted octanol–water partition coefficient (Wildman–Crippen LogP) is 5.05. The van der Waals surface area contributed by atoms with Crippen molar-refractivity contribution in [1.82, 2.24) is 0 Å². The molecule has 0 nitrogen and oxygen atoms in total. The van der Waals surface area contributed by atoms with E-state index in [2.05, 4.69) is 41.2 Å². The van der Waals surface area contributed by atoms with Crippen LogP contribution in [0.3, 0.4) is 0 Å². The molecule has 1 aliphatic rings. The zero-order chi connectivity index (χ0) is 11.6. The minimum atomic E-state index is 0.498. The van der Waals surface area contributed by atoms with Crippen molar-refractivity contribution >= 4 is 0 Å². The van der Waals surface area contributed by atoms with Gasteiger partial charge in [-0.05, 0) is 42.4 Å². The van der Waals surface area contributed by atoms with E-state index in [9.17, 15) is 0 Å². The lowest BCUT2D eigenvalue weighted by Gasteiger charge is -2.48. The maximum atomic E-state index is 4.27. The van der Waals surface area contributed by atoms with Crippen LogP contribution in [0.15, 0.2) is 12.2 Å². The topological polar surface area (TPSA) is 0 Å². The average Bonchev–Trinajstić information content (AvgIpc) is 2.14. The van der Waals surface area contributed by atoms with Crippen molar-refractivity contribution in [2.75, 3.05) is 0 Å². The molecule has 0 spiro atoms. The van der Waals surface area contributed by atoms with E-state index in [4.69, 9.17) is 0 Å². The SMILES string of the molecule is C=C1CCC[C@](C)(C(CC)C(C)C)C1C. The Bertz CT molecular complexity index is 226. The molecule has 0 amide bonds. The number of rotatable bonds is 3. The molecule has 0 aliphatic heterocycles. The van der Waals surface area contributed by atoms with Crippen LogP contribution < -0.4 is 0 Å². The fraction of sp³-hybridized carbons (Fsp3) is 0.867. The molecule has 1 rings (SSSR count). The normalized spacial score (nSPS) is 34.5. The van der Waals surface area contributed by atoms with Gasteiger partial charge in [0.2, 0.25) is 0 Å². The summed E-state index contributed by atoms with van der Waals surface area (Å²) in [6.45, 7) is 16.3. The van der Waals surface area contributed by atoms with Crippen molar-refractivity contribution in [3.05, 3.63) is 12.2 Å². The lowest BCUT2D eigenvalue weighted by atomic mass is 9.57. The van der Waals surface area contributed by atoms with Gasteiger partial charge in [0.25, 0.3) is 0 Å². The second-order valence-corrected chi connectivity index (χ2v) is 6.00. The quantitative estimate of drug-likeness (QED) is 0.569. The van der Waals surface area contributed by atoms with Gasteiger partial charge in [-0.15, -0.1) is 0 Å². The third-order valence-corrected chi connectivity index (χ3v) is 4.91. The van der Waals surface area contributed by atoms with Gasteiger partial charge in [-0.1, -0.05) is 53.2 Å². The van der Waals surface area contributed by atoms with Crippen LogP contribution in [-0.2, 0) is 0 Å². The monoisotopic (exact) mass is 208 g/mol. The first-order chi connectivity index (χ1) is 6.93. The Morgan fingerprint density at radius 1 is 1.47 bits per heavy atom. The summed E-state index contributed by atoms with van der Waals surface area (Å²) >= 11 is 0. The lowest BCUT2D eigenvalue weighted by Crippen LogP contribution is -2.39. The van der Waals surface area contributed by atoms with E-state index in [-0.39, 0.29) is 0 Å². The van der Waals surface area contributed by atoms with E-state index in [0.29, 0.717) is 11.3 Å². The van der Waals surface area contributed by atoms with Crippen molar-refractivity contribution < 1.29 is 0 Å². The van der Waals surface area contributed by atoms with Crippen molar-refractivity contribution in [1.29, 1.82) is 0 Å². The van der Waals surface area contributed by atoms with E-state index in [1.54, 1.807) is 0 Å². The molecule has 88 valence electrons. The fourth-order valence-corrected chi connectivity index (χ4v) is 3.80. The minimum Gasteiger partial charge on any atom is -0.0996 e. The predicted molar refractivity (Wildman–Crippen MR) is 68.9 cm³/mol. The zero-order valence-electron chi connectivity index (χ0n) is 11.3. The Labute approximate surface area is 96.2 Å². The third-order valence-electron chi connectivity index (χ3n) is 4.91. The molecule has 1 saturated carbocycles.